The normalized spacial score (nSPS) is 18.5. The van der Waals surface area contributed by atoms with Gasteiger partial charge in [0.25, 0.3) is 0 Å². The monoisotopic (exact) mass is 349 g/mol. The number of hydrogen-bond acceptors (Lipinski definition) is 3. The van der Waals surface area contributed by atoms with E-state index < -0.39 is 0 Å². The van der Waals surface area contributed by atoms with E-state index in [9.17, 15) is 4.79 Å². The Bertz CT molecular complexity index is 715. The first-order valence-corrected chi connectivity index (χ1v) is 9.44. The molecule has 0 radical (unpaired) electrons. The number of benzene rings is 2. The molecule has 0 spiro atoms. The molecule has 1 aliphatic rings. The minimum absolute atomic E-state index is 0.0426. The predicted octanol–water partition coefficient (Wildman–Crippen LogP) is 4.23. The molecule has 4 nitrogen and oxygen atoms in total. The third-order valence-electron chi connectivity index (χ3n) is 4.96. The van der Waals surface area contributed by atoms with Crippen molar-refractivity contribution >= 4 is 17.3 Å². The van der Waals surface area contributed by atoms with E-state index in [-0.39, 0.29) is 17.9 Å². The van der Waals surface area contributed by atoms with E-state index in [0.29, 0.717) is 18.7 Å². The summed E-state index contributed by atoms with van der Waals surface area (Å²) in [5.74, 6) is 0.189. The highest BCUT2D eigenvalue weighted by atomic mass is 16.1. The van der Waals surface area contributed by atoms with Crippen LogP contribution in [0.3, 0.4) is 0 Å². The second-order valence-corrected chi connectivity index (χ2v) is 6.97. The molecule has 0 bridgehead atoms. The van der Waals surface area contributed by atoms with Gasteiger partial charge < -0.3 is 16.0 Å². The highest BCUT2D eigenvalue weighted by Gasteiger charge is 2.24. The van der Waals surface area contributed by atoms with Crippen molar-refractivity contribution < 1.29 is 4.79 Å². The van der Waals surface area contributed by atoms with Crippen LogP contribution in [-0.2, 0) is 4.79 Å². The first-order valence-electron chi connectivity index (χ1n) is 9.44. The molecule has 0 aromatic heterocycles. The van der Waals surface area contributed by atoms with Crippen LogP contribution >= 0.6 is 0 Å². The van der Waals surface area contributed by atoms with Gasteiger partial charge in [-0.05, 0) is 37.0 Å². The molecule has 136 valence electrons. The number of carbonyl (C=O) groups is 1. The predicted molar refractivity (Wildman–Crippen MR) is 107 cm³/mol. The van der Waals surface area contributed by atoms with Gasteiger partial charge in [0, 0.05) is 36.3 Å². The minimum atomic E-state index is 0.0426. The number of carbonyl (C=O) groups excluding carboxylic acids is 1. The zero-order chi connectivity index (χ0) is 18.2. The minimum Gasteiger partial charge on any atom is -0.384 e. The standard InChI is InChI=1S/C22H27N3O/c23-22(17-9-3-1-4-10-17)18(16-24-19-11-5-2-6-12-19)15-20-13-7-8-14-21(26)25-20/h1-6,9-12,18,20,23-24H,7-8,13-16H2,(H,25,26). The quantitative estimate of drug-likeness (QED) is 0.655. The second kappa shape index (κ2) is 9.18. The Morgan fingerprint density at radius 3 is 2.50 bits per heavy atom. The molecule has 4 heteroatoms. The van der Waals surface area contributed by atoms with Gasteiger partial charge in [0.2, 0.25) is 5.91 Å². The molecule has 1 saturated heterocycles. The molecule has 3 N–H and O–H groups in total. The van der Waals surface area contributed by atoms with E-state index in [4.69, 9.17) is 5.41 Å². The molecule has 2 aromatic carbocycles. The van der Waals surface area contributed by atoms with Crippen LogP contribution in [-0.4, -0.2) is 24.2 Å². The SMILES string of the molecule is N=C(c1ccccc1)C(CNc1ccccc1)CC1CCCCC(=O)N1. The summed E-state index contributed by atoms with van der Waals surface area (Å²) in [5, 5.41) is 15.3. The number of anilines is 1. The number of nitrogens with one attached hydrogen (secondary N) is 3. The molecule has 0 saturated carbocycles. The van der Waals surface area contributed by atoms with Gasteiger partial charge in [0.05, 0.1) is 0 Å². The van der Waals surface area contributed by atoms with Gasteiger partial charge in [0.1, 0.15) is 0 Å². The maximum atomic E-state index is 11.9. The Morgan fingerprint density at radius 2 is 1.77 bits per heavy atom. The summed E-state index contributed by atoms with van der Waals surface area (Å²) in [6.45, 7) is 0.685. The molecule has 2 atom stereocenters. The molecular formula is C22H27N3O. The third-order valence-corrected chi connectivity index (χ3v) is 4.96. The van der Waals surface area contributed by atoms with Crippen molar-refractivity contribution in [1.82, 2.24) is 5.32 Å². The molecule has 0 aliphatic carbocycles. The summed E-state index contributed by atoms with van der Waals surface area (Å²) < 4.78 is 0. The van der Waals surface area contributed by atoms with Gasteiger partial charge in [-0.25, -0.2) is 0 Å². The summed E-state index contributed by atoms with van der Waals surface area (Å²) in [6.07, 6.45) is 4.45. The van der Waals surface area contributed by atoms with Crippen LogP contribution in [0.1, 0.15) is 37.7 Å². The van der Waals surface area contributed by atoms with Crippen molar-refractivity contribution in [2.75, 3.05) is 11.9 Å². The summed E-state index contributed by atoms with van der Waals surface area (Å²) in [7, 11) is 0. The van der Waals surface area contributed by atoms with E-state index >= 15 is 0 Å². The lowest BCUT2D eigenvalue weighted by Gasteiger charge is -2.25. The van der Waals surface area contributed by atoms with Crippen molar-refractivity contribution in [1.29, 1.82) is 5.41 Å². The molecule has 1 aliphatic heterocycles. The van der Waals surface area contributed by atoms with E-state index in [1.165, 1.54) is 0 Å². The van der Waals surface area contributed by atoms with E-state index in [1.54, 1.807) is 0 Å². The molecule has 1 heterocycles. The largest absolute Gasteiger partial charge is 0.384 e. The number of amides is 1. The lowest BCUT2D eigenvalue weighted by Crippen LogP contribution is -2.37. The first kappa shape index (κ1) is 18.2. The summed E-state index contributed by atoms with van der Waals surface area (Å²) in [4.78, 5) is 11.9. The summed E-state index contributed by atoms with van der Waals surface area (Å²) in [6, 6.07) is 20.1. The van der Waals surface area contributed by atoms with Crippen LogP contribution < -0.4 is 10.6 Å². The average Bonchev–Trinajstić information content (AvgIpc) is 2.89. The molecular weight excluding hydrogens is 322 g/mol. The lowest BCUT2D eigenvalue weighted by atomic mass is 9.89. The molecule has 3 rings (SSSR count). The van der Waals surface area contributed by atoms with Crippen LogP contribution in [0, 0.1) is 11.3 Å². The fourth-order valence-corrected chi connectivity index (χ4v) is 3.52. The van der Waals surface area contributed by atoms with Crippen LogP contribution in [0.5, 0.6) is 0 Å². The third kappa shape index (κ3) is 5.19. The summed E-state index contributed by atoms with van der Waals surface area (Å²) >= 11 is 0. The lowest BCUT2D eigenvalue weighted by molar-refractivity contribution is -0.121. The number of hydrogen-bond donors (Lipinski definition) is 3. The van der Waals surface area contributed by atoms with Gasteiger partial charge in [0.15, 0.2) is 0 Å². The van der Waals surface area contributed by atoms with Gasteiger partial charge in [-0.2, -0.15) is 0 Å². The van der Waals surface area contributed by atoms with E-state index in [2.05, 4.69) is 10.6 Å². The van der Waals surface area contributed by atoms with Crippen molar-refractivity contribution in [2.24, 2.45) is 5.92 Å². The van der Waals surface area contributed by atoms with Gasteiger partial charge in [-0.3, -0.25) is 4.79 Å². The topological polar surface area (TPSA) is 65.0 Å². The molecule has 1 amide bonds. The number of rotatable bonds is 7. The fraction of sp³-hybridized carbons (Fsp3) is 0.364. The van der Waals surface area contributed by atoms with Crippen molar-refractivity contribution in [3.05, 3.63) is 66.2 Å². The van der Waals surface area contributed by atoms with Crippen LogP contribution in [0.15, 0.2) is 60.7 Å². The summed E-state index contributed by atoms with van der Waals surface area (Å²) in [5.41, 5.74) is 2.64. The highest BCUT2D eigenvalue weighted by Crippen LogP contribution is 2.21. The fourth-order valence-electron chi connectivity index (χ4n) is 3.52. The Morgan fingerprint density at radius 1 is 1.08 bits per heavy atom. The van der Waals surface area contributed by atoms with Gasteiger partial charge in [-0.15, -0.1) is 0 Å². The number of para-hydroxylation sites is 1. The Kier molecular flexibility index (Phi) is 6.42. The maximum Gasteiger partial charge on any atom is 0.220 e. The van der Waals surface area contributed by atoms with Crippen molar-refractivity contribution in [3.8, 4) is 0 Å². The molecule has 2 unspecified atom stereocenters. The van der Waals surface area contributed by atoms with Crippen LogP contribution in [0.25, 0.3) is 0 Å². The van der Waals surface area contributed by atoms with Gasteiger partial charge in [-0.1, -0.05) is 55.0 Å². The molecule has 1 fully saturated rings. The van der Waals surface area contributed by atoms with E-state index in [0.717, 1.165) is 36.9 Å². The van der Waals surface area contributed by atoms with Crippen LogP contribution in [0.4, 0.5) is 5.69 Å². The Labute approximate surface area is 155 Å². The first-order chi connectivity index (χ1) is 12.7. The van der Waals surface area contributed by atoms with Crippen LogP contribution in [0.2, 0.25) is 0 Å². The van der Waals surface area contributed by atoms with Crippen molar-refractivity contribution in [2.45, 2.75) is 38.1 Å². The average molecular weight is 349 g/mol. The zero-order valence-electron chi connectivity index (χ0n) is 15.1. The van der Waals surface area contributed by atoms with Crippen molar-refractivity contribution in [3.63, 3.8) is 0 Å². The van der Waals surface area contributed by atoms with E-state index in [1.807, 2.05) is 60.7 Å². The molecule has 26 heavy (non-hydrogen) atoms. The second-order valence-electron chi connectivity index (χ2n) is 6.97. The Balaban J connectivity index is 1.71. The Hall–Kier alpha value is -2.62. The molecule has 2 aromatic rings. The highest BCUT2D eigenvalue weighted by molar-refractivity contribution is 6.00. The smallest absolute Gasteiger partial charge is 0.220 e. The maximum absolute atomic E-state index is 11.9. The van der Waals surface area contributed by atoms with Gasteiger partial charge >= 0.3 is 0 Å². The zero-order valence-corrected chi connectivity index (χ0v) is 15.1.